The fraction of sp³-hybridized carbons (Fsp3) is 0.417. The largest absolute Gasteiger partial charge is 0.465 e. The van der Waals surface area contributed by atoms with E-state index >= 15 is 0 Å². The lowest BCUT2D eigenvalue weighted by molar-refractivity contribution is -0.141. The zero-order valence-corrected chi connectivity index (χ0v) is 11.6. The summed E-state index contributed by atoms with van der Waals surface area (Å²) in [5, 5.41) is 0. The molecule has 1 rings (SSSR count). The highest BCUT2D eigenvalue weighted by Crippen LogP contribution is 2.19. The lowest BCUT2D eigenvalue weighted by Crippen LogP contribution is -2.30. The normalized spacial score (nSPS) is 9.94. The number of nitrogens with two attached hydrogens (primary N) is 1. The molecule has 18 heavy (non-hydrogen) atoms. The van der Waals surface area contributed by atoms with Crippen LogP contribution in [0.3, 0.4) is 0 Å². The first kappa shape index (κ1) is 14.4. The van der Waals surface area contributed by atoms with Crippen LogP contribution in [-0.2, 0) is 9.53 Å². The maximum absolute atomic E-state index is 11.4. The fourth-order valence-electron chi connectivity index (χ4n) is 1.61. The standard InChI is InChI=1S/C12H17N3O2S/c1-4-17-9(16)7-15(3)12-10(11(13)18)8(2)5-6-14-12/h5-6H,4,7H2,1-3H3,(H2,13,18). The number of ether oxygens (including phenoxy) is 1. The molecule has 0 aliphatic heterocycles. The van der Waals surface area contributed by atoms with Crippen molar-refractivity contribution in [2.24, 2.45) is 5.73 Å². The monoisotopic (exact) mass is 267 g/mol. The molecule has 0 radical (unpaired) electrons. The molecule has 1 aromatic rings. The van der Waals surface area contributed by atoms with E-state index < -0.39 is 0 Å². The molecular weight excluding hydrogens is 250 g/mol. The number of anilines is 1. The van der Waals surface area contributed by atoms with Crippen LogP contribution in [0.25, 0.3) is 0 Å². The van der Waals surface area contributed by atoms with Crippen molar-refractivity contribution in [2.75, 3.05) is 25.1 Å². The minimum atomic E-state index is -0.308. The molecule has 5 nitrogen and oxygen atoms in total. The number of carbonyl (C=O) groups excluding carboxylic acids is 1. The molecule has 0 spiro atoms. The first-order valence-electron chi connectivity index (χ1n) is 5.59. The van der Waals surface area contributed by atoms with Gasteiger partial charge in [0, 0.05) is 13.2 Å². The van der Waals surface area contributed by atoms with Crippen LogP contribution in [0.5, 0.6) is 0 Å². The molecule has 1 aromatic heterocycles. The third kappa shape index (κ3) is 3.40. The van der Waals surface area contributed by atoms with E-state index in [1.165, 1.54) is 0 Å². The number of aryl methyl sites for hydroxylation is 1. The average molecular weight is 267 g/mol. The predicted octanol–water partition coefficient (Wildman–Crippen LogP) is 1.02. The maximum Gasteiger partial charge on any atom is 0.325 e. The first-order valence-corrected chi connectivity index (χ1v) is 6.00. The number of hydrogen-bond donors (Lipinski definition) is 1. The molecule has 0 amide bonds. The summed E-state index contributed by atoms with van der Waals surface area (Å²) >= 11 is 5.02. The summed E-state index contributed by atoms with van der Waals surface area (Å²) in [6.07, 6.45) is 1.66. The Hall–Kier alpha value is -1.69. The van der Waals surface area contributed by atoms with Crippen LogP contribution in [0.15, 0.2) is 12.3 Å². The molecule has 0 fully saturated rings. The number of thiocarbonyl (C=S) groups is 1. The second-order valence-electron chi connectivity index (χ2n) is 3.85. The lowest BCUT2D eigenvalue weighted by atomic mass is 10.1. The van der Waals surface area contributed by atoms with Gasteiger partial charge in [0.1, 0.15) is 17.4 Å². The van der Waals surface area contributed by atoms with Gasteiger partial charge >= 0.3 is 5.97 Å². The number of carbonyl (C=O) groups is 1. The molecule has 0 atom stereocenters. The topological polar surface area (TPSA) is 68.5 Å². The van der Waals surface area contributed by atoms with Gasteiger partial charge in [-0.2, -0.15) is 0 Å². The Morgan fingerprint density at radius 3 is 2.83 bits per heavy atom. The number of likely N-dealkylation sites (N-methyl/N-ethyl adjacent to an activating group) is 1. The van der Waals surface area contributed by atoms with E-state index in [2.05, 4.69) is 4.98 Å². The van der Waals surface area contributed by atoms with Gasteiger partial charge in [0.05, 0.1) is 12.2 Å². The molecule has 1 heterocycles. The van der Waals surface area contributed by atoms with Crippen LogP contribution < -0.4 is 10.6 Å². The van der Waals surface area contributed by atoms with Gasteiger partial charge < -0.3 is 15.4 Å². The lowest BCUT2D eigenvalue weighted by Gasteiger charge is -2.20. The van der Waals surface area contributed by atoms with Gasteiger partial charge in [-0.3, -0.25) is 4.79 Å². The number of hydrogen-bond acceptors (Lipinski definition) is 5. The third-order valence-electron chi connectivity index (χ3n) is 2.42. The van der Waals surface area contributed by atoms with E-state index in [0.717, 1.165) is 5.56 Å². The van der Waals surface area contributed by atoms with Crippen molar-refractivity contribution < 1.29 is 9.53 Å². The van der Waals surface area contributed by atoms with Gasteiger partial charge in [-0.05, 0) is 25.5 Å². The molecule has 0 aromatic carbocycles. The fourth-order valence-corrected chi connectivity index (χ4v) is 1.87. The molecule has 0 saturated carbocycles. The Kier molecular flexibility index (Phi) is 5.03. The van der Waals surface area contributed by atoms with E-state index in [9.17, 15) is 4.79 Å². The first-order chi connectivity index (χ1) is 8.47. The number of pyridine rings is 1. The number of nitrogens with zero attached hydrogens (tertiary/aromatic N) is 2. The van der Waals surface area contributed by atoms with Gasteiger partial charge in [-0.1, -0.05) is 12.2 Å². The van der Waals surface area contributed by atoms with Crippen LogP contribution in [-0.4, -0.2) is 36.1 Å². The van der Waals surface area contributed by atoms with Crippen molar-refractivity contribution in [3.8, 4) is 0 Å². The highest BCUT2D eigenvalue weighted by molar-refractivity contribution is 7.80. The summed E-state index contributed by atoms with van der Waals surface area (Å²) in [5.41, 5.74) is 7.32. The van der Waals surface area contributed by atoms with Crippen LogP contribution >= 0.6 is 12.2 Å². The van der Waals surface area contributed by atoms with Crippen LogP contribution in [0.1, 0.15) is 18.1 Å². The molecule has 6 heteroatoms. The van der Waals surface area contributed by atoms with Crippen molar-refractivity contribution in [1.29, 1.82) is 0 Å². The molecule has 0 unspecified atom stereocenters. The second-order valence-corrected chi connectivity index (χ2v) is 4.29. The summed E-state index contributed by atoms with van der Waals surface area (Å²) in [4.78, 5) is 17.6. The number of esters is 1. The summed E-state index contributed by atoms with van der Waals surface area (Å²) in [6.45, 7) is 4.14. The van der Waals surface area contributed by atoms with Gasteiger partial charge in [0.15, 0.2) is 0 Å². The number of aromatic nitrogens is 1. The maximum atomic E-state index is 11.4. The minimum absolute atomic E-state index is 0.111. The molecule has 0 bridgehead atoms. The zero-order chi connectivity index (χ0) is 13.7. The predicted molar refractivity (Wildman–Crippen MR) is 74.8 cm³/mol. The zero-order valence-electron chi connectivity index (χ0n) is 10.8. The van der Waals surface area contributed by atoms with E-state index in [1.807, 2.05) is 13.0 Å². The Labute approximate surface area is 112 Å². The summed E-state index contributed by atoms with van der Waals surface area (Å²) in [6, 6.07) is 1.83. The van der Waals surface area contributed by atoms with Crippen molar-refractivity contribution in [3.63, 3.8) is 0 Å². The Balaban J connectivity index is 2.98. The molecule has 0 saturated heterocycles. The Morgan fingerprint density at radius 1 is 1.61 bits per heavy atom. The minimum Gasteiger partial charge on any atom is -0.465 e. The van der Waals surface area contributed by atoms with Crippen molar-refractivity contribution in [1.82, 2.24) is 4.98 Å². The van der Waals surface area contributed by atoms with E-state index in [-0.39, 0.29) is 17.5 Å². The van der Waals surface area contributed by atoms with Gasteiger partial charge in [0.2, 0.25) is 0 Å². The Morgan fingerprint density at radius 2 is 2.28 bits per heavy atom. The molecular formula is C12H17N3O2S. The molecule has 0 aliphatic carbocycles. The highest BCUT2D eigenvalue weighted by atomic mass is 32.1. The summed E-state index contributed by atoms with van der Waals surface area (Å²) in [5.74, 6) is 0.285. The van der Waals surface area contributed by atoms with E-state index in [4.69, 9.17) is 22.7 Å². The van der Waals surface area contributed by atoms with Crippen LogP contribution in [0.4, 0.5) is 5.82 Å². The van der Waals surface area contributed by atoms with E-state index in [0.29, 0.717) is 18.0 Å². The summed E-state index contributed by atoms with van der Waals surface area (Å²) < 4.78 is 4.89. The second kappa shape index (κ2) is 6.30. The number of rotatable bonds is 5. The quantitative estimate of drug-likeness (QED) is 0.634. The molecule has 0 aliphatic rings. The summed E-state index contributed by atoms with van der Waals surface area (Å²) in [7, 11) is 1.75. The SMILES string of the molecule is CCOC(=O)CN(C)c1nccc(C)c1C(N)=S. The van der Waals surface area contributed by atoms with Crippen molar-refractivity contribution >= 4 is 29.0 Å². The third-order valence-corrected chi connectivity index (χ3v) is 2.62. The van der Waals surface area contributed by atoms with E-state index in [1.54, 1.807) is 25.1 Å². The molecule has 98 valence electrons. The van der Waals surface area contributed by atoms with Crippen molar-refractivity contribution in [3.05, 3.63) is 23.4 Å². The van der Waals surface area contributed by atoms with Gasteiger partial charge in [-0.25, -0.2) is 4.98 Å². The van der Waals surface area contributed by atoms with Crippen LogP contribution in [0.2, 0.25) is 0 Å². The van der Waals surface area contributed by atoms with Gasteiger partial charge in [0.25, 0.3) is 0 Å². The van der Waals surface area contributed by atoms with Gasteiger partial charge in [-0.15, -0.1) is 0 Å². The van der Waals surface area contributed by atoms with Crippen molar-refractivity contribution in [2.45, 2.75) is 13.8 Å². The Bertz CT molecular complexity index is 463. The average Bonchev–Trinajstić information content (AvgIpc) is 2.28. The van der Waals surface area contributed by atoms with Crippen LogP contribution in [0, 0.1) is 6.92 Å². The smallest absolute Gasteiger partial charge is 0.325 e. The molecule has 2 N–H and O–H groups in total. The highest BCUT2D eigenvalue weighted by Gasteiger charge is 2.16.